The molecule has 3 aromatic rings. The minimum Gasteiger partial charge on any atom is -0.489 e. The van der Waals surface area contributed by atoms with E-state index in [1.54, 1.807) is 6.07 Å². The summed E-state index contributed by atoms with van der Waals surface area (Å²) in [6, 6.07) is 14.3. The van der Waals surface area contributed by atoms with Gasteiger partial charge in [-0.25, -0.2) is 4.39 Å². The quantitative estimate of drug-likeness (QED) is 0.759. The smallest absolute Gasteiger partial charge is 0.261 e. The number of aromatic nitrogens is 2. The lowest BCUT2D eigenvalue weighted by atomic mass is 10.1. The van der Waals surface area contributed by atoms with Gasteiger partial charge in [-0.2, -0.15) is 4.98 Å². The van der Waals surface area contributed by atoms with E-state index in [1.807, 2.05) is 30.3 Å². The van der Waals surface area contributed by atoms with Gasteiger partial charge < -0.3 is 14.6 Å². The van der Waals surface area contributed by atoms with Crippen LogP contribution in [0.15, 0.2) is 53.1 Å². The summed E-state index contributed by atoms with van der Waals surface area (Å²) in [5.41, 5.74) is 1.58. The molecular formula is C20H20FN3O2. The molecule has 134 valence electrons. The maximum atomic E-state index is 13.8. The zero-order valence-corrected chi connectivity index (χ0v) is 14.3. The Morgan fingerprint density at radius 2 is 1.92 bits per heavy atom. The zero-order chi connectivity index (χ0) is 17.8. The highest BCUT2D eigenvalue weighted by molar-refractivity contribution is 5.62. The first-order valence-electron chi connectivity index (χ1n) is 8.82. The molecule has 2 aromatic carbocycles. The van der Waals surface area contributed by atoms with E-state index >= 15 is 0 Å². The third kappa shape index (κ3) is 3.91. The normalized spacial score (nSPS) is 15.1. The van der Waals surface area contributed by atoms with Crippen molar-refractivity contribution in [3.8, 4) is 17.2 Å². The predicted molar refractivity (Wildman–Crippen MR) is 95.5 cm³/mol. The highest BCUT2D eigenvalue weighted by Crippen LogP contribution is 2.31. The average molecular weight is 353 g/mol. The van der Waals surface area contributed by atoms with Gasteiger partial charge >= 0.3 is 0 Å². The number of nitrogens with one attached hydrogen (secondary N) is 1. The highest BCUT2D eigenvalue weighted by atomic mass is 19.1. The van der Waals surface area contributed by atoms with Crippen LogP contribution in [0.3, 0.4) is 0 Å². The first-order chi connectivity index (χ1) is 12.8. The molecular weight excluding hydrogens is 333 g/mol. The Bertz CT molecular complexity index is 861. The molecule has 0 radical (unpaired) electrons. The van der Waals surface area contributed by atoms with E-state index in [0.29, 0.717) is 23.6 Å². The molecule has 26 heavy (non-hydrogen) atoms. The summed E-state index contributed by atoms with van der Waals surface area (Å²) < 4.78 is 25.3. The summed E-state index contributed by atoms with van der Waals surface area (Å²) in [5, 5.41) is 7.33. The van der Waals surface area contributed by atoms with E-state index in [-0.39, 0.29) is 17.8 Å². The minimum atomic E-state index is -0.361. The minimum absolute atomic E-state index is 0.104. The van der Waals surface area contributed by atoms with Crippen molar-refractivity contribution in [2.24, 2.45) is 0 Å². The number of ether oxygens (including phenoxy) is 1. The Hall–Kier alpha value is -2.73. The van der Waals surface area contributed by atoms with Crippen LogP contribution in [-0.4, -0.2) is 29.3 Å². The molecule has 2 heterocycles. The third-order valence-corrected chi connectivity index (χ3v) is 4.42. The Morgan fingerprint density at radius 3 is 2.73 bits per heavy atom. The van der Waals surface area contributed by atoms with Gasteiger partial charge in [0, 0.05) is 6.42 Å². The zero-order valence-electron chi connectivity index (χ0n) is 14.3. The van der Waals surface area contributed by atoms with E-state index < -0.39 is 0 Å². The molecule has 0 bridgehead atoms. The standard InChI is InChI=1S/C20H20FN3O2/c21-15-6-7-18(25-16-8-10-22-11-9-16)17(13-15)20-23-19(24-26-20)12-14-4-2-1-3-5-14/h1-7,13,16,22H,8-12H2. The number of nitrogens with zero attached hydrogens (tertiary/aromatic N) is 2. The molecule has 0 unspecified atom stereocenters. The van der Waals surface area contributed by atoms with Crippen molar-refractivity contribution < 1.29 is 13.7 Å². The van der Waals surface area contributed by atoms with Crippen molar-refractivity contribution in [3.05, 3.63) is 65.7 Å². The van der Waals surface area contributed by atoms with Gasteiger partial charge in [-0.1, -0.05) is 35.5 Å². The summed E-state index contributed by atoms with van der Waals surface area (Å²) in [5.74, 6) is 1.05. The lowest BCUT2D eigenvalue weighted by Crippen LogP contribution is -2.34. The van der Waals surface area contributed by atoms with Crippen LogP contribution in [0.4, 0.5) is 4.39 Å². The second-order valence-corrected chi connectivity index (χ2v) is 6.39. The molecule has 0 saturated carbocycles. The maximum Gasteiger partial charge on any atom is 0.261 e. The SMILES string of the molecule is Fc1ccc(OC2CCNCC2)c(-c2nc(Cc3ccccc3)no2)c1. The van der Waals surface area contributed by atoms with Gasteiger partial charge in [0.1, 0.15) is 17.7 Å². The summed E-state index contributed by atoms with van der Waals surface area (Å²) in [4.78, 5) is 4.43. The van der Waals surface area contributed by atoms with Crippen molar-refractivity contribution in [2.75, 3.05) is 13.1 Å². The highest BCUT2D eigenvalue weighted by Gasteiger charge is 2.20. The number of benzene rings is 2. The van der Waals surface area contributed by atoms with Crippen LogP contribution in [0.5, 0.6) is 5.75 Å². The topological polar surface area (TPSA) is 60.2 Å². The molecule has 1 N–H and O–H groups in total. The third-order valence-electron chi connectivity index (χ3n) is 4.42. The summed E-state index contributed by atoms with van der Waals surface area (Å²) >= 11 is 0. The molecule has 0 aliphatic carbocycles. The van der Waals surface area contributed by atoms with Crippen molar-refractivity contribution in [2.45, 2.75) is 25.4 Å². The average Bonchev–Trinajstić information content (AvgIpc) is 3.13. The largest absolute Gasteiger partial charge is 0.489 e. The van der Waals surface area contributed by atoms with Crippen molar-refractivity contribution >= 4 is 0 Å². The van der Waals surface area contributed by atoms with E-state index in [0.717, 1.165) is 31.5 Å². The van der Waals surface area contributed by atoms with Crippen molar-refractivity contribution in [1.29, 1.82) is 0 Å². The molecule has 1 aliphatic rings. The van der Waals surface area contributed by atoms with Crippen LogP contribution < -0.4 is 10.1 Å². The number of hydrogen-bond acceptors (Lipinski definition) is 5. The lowest BCUT2D eigenvalue weighted by molar-refractivity contribution is 0.162. The number of piperidine rings is 1. The molecule has 6 heteroatoms. The molecule has 1 aliphatic heterocycles. The van der Waals surface area contributed by atoms with E-state index in [2.05, 4.69) is 15.5 Å². The Morgan fingerprint density at radius 1 is 1.12 bits per heavy atom. The van der Waals surface area contributed by atoms with Crippen molar-refractivity contribution in [1.82, 2.24) is 15.5 Å². The first kappa shape index (κ1) is 16.7. The predicted octanol–water partition coefficient (Wildman–Crippen LogP) is 3.60. The Balaban J connectivity index is 1.57. The van der Waals surface area contributed by atoms with Crippen LogP contribution in [0.2, 0.25) is 0 Å². The van der Waals surface area contributed by atoms with E-state index in [1.165, 1.54) is 12.1 Å². The van der Waals surface area contributed by atoms with E-state index in [4.69, 9.17) is 9.26 Å². The van der Waals surface area contributed by atoms with Gasteiger partial charge in [0.25, 0.3) is 5.89 Å². The van der Waals surface area contributed by atoms with E-state index in [9.17, 15) is 4.39 Å². The lowest BCUT2D eigenvalue weighted by Gasteiger charge is -2.24. The van der Waals surface area contributed by atoms with Gasteiger partial charge in [-0.05, 0) is 49.7 Å². The molecule has 1 fully saturated rings. The fourth-order valence-electron chi connectivity index (χ4n) is 3.08. The van der Waals surface area contributed by atoms with Gasteiger partial charge in [-0.15, -0.1) is 0 Å². The van der Waals surface area contributed by atoms with Gasteiger partial charge in [0.2, 0.25) is 0 Å². The molecule has 0 spiro atoms. The second-order valence-electron chi connectivity index (χ2n) is 6.39. The maximum absolute atomic E-state index is 13.8. The van der Waals surface area contributed by atoms with Gasteiger partial charge in [0.15, 0.2) is 5.82 Å². The second kappa shape index (κ2) is 7.66. The first-order valence-corrected chi connectivity index (χ1v) is 8.82. The van der Waals surface area contributed by atoms with Crippen LogP contribution in [0.25, 0.3) is 11.5 Å². The number of hydrogen-bond donors (Lipinski definition) is 1. The molecule has 1 saturated heterocycles. The molecule has 4 rings (SSSR count). The molecule has 0 amide bonds. The van der Waals surface area contributed by atoms with Crippen LogP contribution >= 0.6 is 0 Å². The van der Waals surface area contributed by atoms with Crippen LogP contribution in [0, 0.1) is 5.82 Å². The van der Waals surface area contributed by atoms with Gasteiger partial charge in [-0.3, -0.25) is 0 Å². The summed E-state index contributed by atoms with van der Waals surface area (Å²) in [6.07, 6.45) is 2.50. The fraction of sp³-hybridized carbons (Fsp3) is 0.300. The van der Waals surface area contributed by atoms with Crippen LogP contribution in [-0.2, 0) is 6.42 Å². The molecule has 0 atom stereocenters. The Labute approximate surface area is 151 Å². The summed E-state index contributed by atoms with van der Waals surface area (Å²) in [7, 11) is 0. The molecule has 5 nitrogen and oxygen atoms in total. The summed E-state index contributed by atoms with van der Waals surface area (Å²) in [6.45, 7) is 1.84. The Kier molecular flexibility index (Phi) is 4.93. The number of rotatable bonds is 5. The van der Waals surface area contributed by atoms with Gasteiger partial charge in [0.05, 0.1) is 5.56 Å². The molecule has 1 aromatic heterocycles. The number of halogens is 1. The van der Waals surface area contributed by atoms with Crippen molar-refractivity contribution in [3.63, 3.8) is 0 Å². The van der Waals surface area contributed by atoms with Crippen LogP contribution in [0.1, 0.15) is 24.2 Å². The fourth-order valence-corrected chi connectivity index (χ4v) is 3.08. The monoisotopic (exact) mass is 353 g/mol.